The van der Waals surface area contributed by atoms with Gasteiger partial charge in [0.15, 0.2) is 0 Å². The van der Waals surface area contributed by atoms with E-state index in [1.807, 2.05) is 12.3 Å². The van der Waals surface area contributed by atoms with E-state index in [9.17, 15) is 0 Å². The van der Waals surface area contributed by atoms with Gasteiger partial charge in [-0.15, -0.1) is 0 Å². The lowest BCUT2D eigenvalue weighted by Gasteiger charge is -2.35. The molecule has 0 spiro atoms. The van der Waals surface area contributed by atoms with Crippen LogP contribution >= 0.6 is 0 Å². The first-order valence-electron chi connectivity index (χ1n) is 5.73. The standard InChI is InChI=1S/C12H19N3/c1-10-4-2-3-7-15(10)12-6-5-11(8-13)14-9-12/h5-6,9-10H,2-4,7-8,13H2,1H3. The Bertz CT molecular complexity index is 307. The average Bonchev–Trinajstić information content (AvgIpc) is 2.30. The van der Waals surface area contributed by atoms with E-state index in [0.29, 0.717) is 12.6 Å². The molecule has 82 valence electrons. The molecule has 1 atom stereocenters. The van der Waals surface area contributed by atoms with Crippen LogP contribution in [-0.4, -0.2) is 17.6 Å². The molecule has 1 aliphatic heterocycles. The van der Waals surface area contributed by atoms with Crippen molar-refractivity contribution in [3.63, 3.8) is 0 Å². The van der Waals surface area contributed by atoms with Gasteiger partial charge in [-0.1, -0.05) is 0 Å². The SMILES string of the molecule is CC1CCCCN1c1ccc(CN)nc1. The molecule has 1 aliphatic rings. The van der Waals surface area contributed by atoms with Crippen molar-refractivity contribution in [1.82, 2.24) is 4.98 Å². The van der Waals surface area contributed by atoms with E-state index < -0.39 is 0 Å². The van der Waals surface area contributed by atoms with Crippen LogP contribution in [0.2, 0.25) is 0 Å². The number of nitrogens with two attached hydrogens (primary N) is 1. The number of pyridine rings is 1. The van der Waals surface area contributed by atoms with E-state index in [4.69, 9.17) is 5.73 Å². The zero-order valence-electron chi connectivity index (χ0n) is 9.32. The summed E-state index contributed by atoms with van der Waals surface area (Å²) in [7, 11) is 0. The second-order valence-corrected chi connectivity index (χ2v) is 4.25. The van der Waals surface area contributed by atoms with Gasteiger partial charge in [-0.25, -0.2) is 0 Å². The zero-order valence-corrected chi connectivity index (χ0v) is 9.32. The summed E-state index contributed by atoms with van der Waals surface area (Å²) >= 11 is 0. The van der Waals surface area contributed by atoms with Crippen molar-refractivity contribution in [1.29, 1.82) is 0 Å². The number of aromatic nitrogens is 1. The van der Waals surface area contributed by atoms with Crippen LogP contribution in [0.4, 0.5) is 5.69 Å². The first-order valence-corrected chi connectivity index (χ1v) is 5.73. The highest BCUT2D eigenvalue weighted by Gasteiger charge is 2.18. The molecule has 1 fully saturated rings. The smallest absolute Gasteiger partial charge is 0.0555 e. The fourth-order valence-electron chi connectivity index (χ4n) is 2.19. The van der Waals surface area contributed by atoms with Gasteiger partial charge in [-0.05, 0) is 38.3 Å². The number of hydrogen-bond donors (Lipinski definition) is 1. The van der Waals surface area contributed by atoms with Gasteiger partial charge in [-0.3, -0.25) is 4.98 Å². The second kappa shape index (κ2) is 4.62. The fraction of sp³-hybridized carbons (Fsp3) is 0.583. The van der Waals surface area contributed by atoms with Crippen molar-refractivity contribution in [2.45, 2.75) is 38.8 Å². The highest BCUT2D eigenvalue weighted by atomic mass is 15.2. The molecule has 1 aromatic heterocycles. The minimum absolute atomic E-state index is 0.524. The van der Waals surface area contributed by atoms with Gasteiger partial charge in [0.05, 0.1) is 17.6 Å². The van der Waals surface area contributed by atoms with Crippen molar-refractivity contribution >= 4 is 5.69 Å². The summed E-state index contributed by atoms with van der Waals surface area (Å²) < 4.78 is 0. The van der Waals surface area contributed by atoms with Gasteiger partial charge in [0, 0.05) is 19.1 Å². The maximum Gasteiger partial charge on any atom is 0.0555 e. The molecule has 0 amide bonds. The molecule has 3 nitrogen and oxygen atoms in total. The summed E-state index contributed by atoms with van der Waals surface area (Å²) in [6.07, 6.45) is 5.89. The Morgan fingerprint density at radius 1 is 1.47 bits per heavy atom. The first-order chi connectivity index (χ1) is 7.31. The van der Waals surface area contributed by atoms with Gasteiger partial charge in [-0.2, -0.15) is 0 Å². The third kappa shape index (κ3) is 2.29. The Hall–Kier alpha value is -1.09. The topological polar surface area (TPSA) is 42.1 Å². The van der Waals surface area contributed by atoms with Crippen LogP contribution < -0.4 is 10.6 Å². The van der Waals surface area contributed by atoms with Crippen LogP contribution in [0, 0.1) is 0 Å². The molecule has 0 bridgehead atoms. The number of piperidine rings is 1. The van der Waals surface area contributed by atoms with Crippen LogP contribution in [-0.2, 0) is 6.54 Å². The van der Waals surface area contributed by atoms with Gasteiger partial charge < -0.3 is 10.6 Å². The van der Waals surface area contributed by atoms with Gasteiger partial charge in [0.1, 0.15) is 0 Å². The normalized spacial score (nSPS) is 21.7. The van der Waals surface area contributed by atoms with E-state index in [1.165, 1.54) is 24.9 Å². The summed E-state index contributed by atoms with van der Waals surface area (Å²) in [5.41, 5.74) is 7.73. The Morgan fingerprint density at radius 2 is 2.33 bits per heavy atom. The molecule has 1 aromatic rings. The molecule has 1 saturated heterocycles. The number of anilines is 1. The fourth-order valence-corrected chi connectivity index (χ4v) is 2.19. The number of rotatable bonds is 2. The lowest BCUT2D eigenvalue weighted by molar-refractivity contribution is 0.484. The summed E-state index contributed by atoms with van der Waals surface area (Å²) in [6.45, 7) is 3.97. The Morgan fingerprint density at radius 3 is 2.93 bits per heavy atom. The van der Waals surface area contributed by atoms with Crippen molar-refractivity contribution < 1.29 is 0 Å². The molecular weight excluding hydrogens is 186 g/mol. The zero-order chi connectivity index (χ0) is 10.7. The highest BCUT2D eigenvalue weighted by molar-refractivity contribution is 5.45. The Labute approximate surface area is 91.3 Å². The molecular formula is C12H19N3. The molecule has 0 saturated carbocycles. The predicted molar refractivity (Wildman–Crippen MR) is 62.8 cm³/mol. The molecule has 0 radical (unpaired) electrons. The van der Waals surface area contributed by atoms with E-state index >= 15 is 0 Å². The quantitative estimate of drug-likeness (QED) is 0.802. The largest absolute Gasteiger partial charge is 0.368 e. The predicted octanol–water partition coefficient (Wildman–Crippen LogP) is 1.92. The average molecular weight is 205 g/mol. The van der Waals surface area contributed by atoms with Gasteiger partial charge in [0.25, 0.3) is 0 Å². The number of nitrogens with zero attached hydrogens (tertiary/aromatic N) is 2. The lowest BCUT2D eigenvalue weighted by atomic mass is 10.0. The number of hydrogen-bond acceptors (Lipinski definition) is 3. The van der Waals surface area contributed by atoms with E-state index in [-0.39, 0.29) is 0 Å². The molecule has 2 N–H and O–H groups in total. The van der Waals surface area contributed by atoms with Crippen molar-refractivity contribution in [2.24, 2.45) is 5.73 Å². The molecule has 0 aliphatic carbocycles. The van der Waals surface area contributed by atoms with E-state index in [1.54, 1.807) is 0 Å². The van der Waals surface area contributed by atoms with Crippen LogP contribution in [0.15, 0.2) is 18.3 Å². The first kappa shape index (κ1) is 10.4. The Kier molecular flexibility index (Phi) is 3.21. The van der Waals surface area contributed by atoms with Crippen LogP contribution in [0.3, 0.4) is 0 Å². The summed E-state index contributed by atoms with van der Waals surface area (Å²) in [6, 6.07) is 4.80. The van der Waals surface area contributed by atoms with Crippen LogP contribution in [0.25, 0.3) is 0 Å². The van der Waals surface area contributed by atoms with Gasteiger partial charge in [0.2, 0.25) is 0 Å². The third-order valence-electron chi connectivity index (χ3n) is 3.15. The molecule has 2 heterocycles. The second-order valence-electron chi connectivity index (χ2n) is 4.25. The molecule has 15 heavy (non-hydrogen) atoms. The van der Waals surface area contributed by atoms with Crippen molar-refractivity contribution in [3.8, 4) is 0 Å². The van der Waals surface area contributed by atoms with Crippen LogP contribution in [0.1, 0.15) is 31.9 Å². The van der Waals surface area contributed by atoms with Crippen molar-refractivity contribution in [2.75, 3.05) is 11.4 Å². The minimum atomic E-state index is 0.524. The molecule has 1 unspecified atom stereocenters. The van der Waals surface area contributed by atoms with Crippen LogP contribution in [0.5, 0.6) is 0 Å². The van der Waals surface area contributed by atoms with Crippen molar-refractivity contribution in [3.05, 3.63) is 24.0 Å². The summed E-state index contributed by atoms with van der Waals surface area (Å²) in [4.78, 5) is 6.78. The third-order valence-corrected chi connectivity index (χ3v) is 3.15. The summed E-state index contributed by atoms with van der Waals surface area (Å²) in [5, 5.41) is 0. The lowest BCUT2D eigenvalue weighted by Crippen LogP contribution is -2.37. The van der Waals surface area contributed by atoms with E-state index in [0.717, 1.165) is 12.2 Å². The molecule has 2 rings (SSSR count). The maximum atomic E-state index is 5.53. The monoisotopic (exact) mass is 205 g/mol. The van der Waals surface area contributed by atoms with Gasteiger partial charge >= 0.3 is 0 Å². The highest BCUT2D eigenvalue weighted by Crippen LogP contribution is 2.23. The molecule has 0 aromatic carbocycles. The molecule has 3 heteroatoms. The maximum absolute atomic E-state index is 5.53. The Balaban J connectivity index is 2.13. The summed E-state index contributed by atoms with van der Waals surface area (Å²) in [5.74, 6) is 0. The minimum Gasteiger partial charge on any atom is -0.368 e. The van der Waals surface area contributed by atoms with E-state index in [2.05, 4.69) is 22.9 Å².